The van der Waals surface area contributed by atoms with Crippen LogP contribution in [0.3, 0.4) is 0 Å². The predicted octanol–water partition coefficient (Wildman–Crippen LogP) is -0.361. The quantitative estimate of drug-likeness (QED) is 0.604. The van der Waals surface area contributed by atoms with Gasteiger partial charge in [0.1, 0.15) is 9.84 Å². The van der Waals surface area contributed by atoms with Gasteiger partial charge in [-0.05, 0) is 6.92 Å². The number of sulfone groups is 1. The highest BCUT2D eigenvalue weighted by atomic mass is 32.2. The maximum atomic E-state index is 10.8. The second-order valence-electron chi connectivity index (χ2n) is 3.05. The van der Waals surface area contributed by atoms with Gasteiger partial charge in [0.05, 0.1) is 5.75 Å². The summed E-state index contributed by atoms with van der Waals surface area (Å²) >= 11 is 0. The molecule has 60 valence electrons. The zero-order chi connectivity index (χ0) is 7.78. The van der Waals surface area contributed by atoms with Crippen LogP contribution >= 0.6 is 0 Å². The van der Waals surface area contributed by atoms with Crippen LogP contribution in [0.5, 0.6) is 0 Å². The Morgan fingerprint density at radius 3 is 2.30 bits per heavy atom. The minimum absolute atomic E-state index is 0.334. The zero-order valence-electron chi connectivity index (χ0n) is 6.29. The standard InChI is InChI=1S/C6H13NO2S/c1-5-6(3-7-5)4-10(2,8)9/h5-7H,3-4H2,1-2H3. The van der Waals surface area contributed by atoms with Crippen molar-refractivity contribution in [2.75, 3.05) is 18.6 Å². The van der Waals surface area contributed by atoms with Gasteiger partial charge < -0.3 is 5.32 Å². The Morgan fingerprint density at radius 2 is 2.20 bits per heavy atom. The Kier molecular flexibility index (Phi) is 2.01. The highest BCUT2D eigenvalue weighted by molar-refractivity contribution is 7.90. The lowest BCUT2D eigenvalue weighted by atomic mass is 9.96. The molecule has 4 heteroatoms. The molecule has 1 N–H and O–H groups in total. The first-order valence-corrected chi connectivity index (χ1v) is 5.46. The van der Waals surface area contributed by atoms with Crippen molar-refractivity contribution in [3.8, 4) is 0 Å². The molecule has 0 spiro atoms. The van der Waals surface area contributed by atoms with E-state index >= 15 is 0 Å². The molecule has 1 heterocycles. The van der Waals surface area contributed by atoms with Crippen molar-refractivity contribution in [1.82, 2.24) is 5.32 Å². The fourth-order valence-corrected chi connectivity index (χ4v) is 2.30. The van der Waals surface area contributed by atoms with E-state index in [-0.39, 0.29) is 0 Å². The molecule has 0 radical (unpaired) electrons. The Morgan fingerprint density at radius 1 is 1.60 bits per heavy atom. The summed E-state index contributed by atoms with van der Waals surface area (Å²) in [5.74, 6) is 0.677. The van der Waals surface area contributed by atoms with Crippen LogP contribution in [0.15, 0.2) is 0 Å². The second kappa shape index (κ2) is 2.51. The molecule has 0 aromatic heterocycles. The van der Waals surface area contributed by atoms with Crippen molar-refractivity contribution in [2.45, 2.75) is 13.0 Å². The maximum absolute atomic E-state index is 10.8. The van der Waals surface area contributed by atoms with E-state index in [0.717, 1.165) is 6.54 Å². The lowest BCUT2D eigenvalue weighted by Crippen LogP contribution is -2.53. The summed E-state index contributed by atoms with van der Waals surface area (Å²) < 4.78 is 21.5. The van der Waals surface area contributed by atoms with E-state index in [4.69, 9.17) is 0 Å². The van der Waals surface area contributed by atoms with Gasteiger partial charge in [0, 0.05) is 24.8 Å². The third kappa shape index (κ3) is 1.95. The largest absolute Gasteiger partial charge is 0.314 e. The van der Waals surface area contributed by atoms with Gasteiger partial charge in [-0.15, -0.1) is 0 Å². The Labute approximate surface area is 61.7 Å². The topological polar surface area (TPSA) is 46.2 Å². The first-order valence-electron chi connectivity index (χ1n) is 3.40. The van der Waals surface area contributed by atoms with Crippen molar-refractivity contribution >= 4 is 9.84 Å². The molecule has 1 saturated heterocycles. The lowest BCUT2D eigenvalue weighted by Gasteiger charge is -2.34. The van der Waals surface area contributed by atoms with Crippen molar-refractivity contribution in [2.24, 2.45) is 5.92 Å². The van der Waals surface area contributed by atoms with Crippen LogP contribution in [0.2, 0.25) is 0 Å². The van der Waals surface area contributed by atoms with Gasteiger partial charge in [0.2, 0.25) is 0 Å². The number of hydrogen-bond acceptors (Lipinski definition) is 3. The van der Waals surface area contributed by atoms with Gasteiger partial charge in [-0.2, -0.15) is 0 Å². The average Bonchev–Trinajstić information content (AvgIpc) is 1.78. The van der Waals surface area contributed by atoms with Crippen molar-refractivity contribution < 1.29 is 8.42 Å². The van der Waals surface area contributed by atoms with Crippen molar-refractivity contribution in [3.63, 3.8) is 0 Å². The van der Waals surface area contributed by atoms with E-state index < -0.39 is 9.84 Å². The third-order valence-electron chi connectivity index (χ3n) is 1.93. The van der Waals surface area contributed by atoms with Crippen LogP contribution in [0.1, 0.15) is 6.92 Å². The minimum atomic E-state index is -2.76. The van der Waals surface area contributed by atoms with E-state index in [1.807, 2.05) is 6.92 Å². The molecule has 2 atom stereocenters. The van der Waals surface area contributed by atoms with Gasteiger partial charge in [0.25, 0.3) is 0 Å². The molecule has 0 amide bonds. The molecule has 1 aliphatic heterocycles. The molecular formula is C6H13NO2S. The molecule has 3 nitrogen and oxygen atoms in total. The van der Waals surface area contributed by atoms with Crippen LogP contribution in [-0.2, 0) is 9.84 Å². The van der Waals surface area contributed by atoms with Crippen molar-refractivity contribution in [1.29, 1.82) is 0 Å². The van der Waals surface area contributed by atoms with Gasteiger partial charge in [-0.25, -0.2) is 8.42 Å². The minimum Gasteiger partial charge on any atom is -0.314 e. The summed E-state index contributed by atoms with van der Waals surface area (Å²) in [5, 5.41) is 3.12. The molecule has 0 saturated carbocycles. The maximum Gasteiger partial charge on any atom is 0.147 e. The lowest BCUT2D eigenvalue weighted by molar-refractivity contribution is 0.276. The Bertz CT molecular complexity index is 210. The summed E-state index contributed by atoms with van der Waals surface area (Å²) in [7, 11) is -2.76. The first-order chi connectivity index (χ1) is 4.49. The monoisotopic (exact) mass is 163 g/mol. The average molecular weight is 163 g/mol. The third-order valence-corrected chi connectivity index (χ3v) is 2.96. The first kappa shape index (κ1) is 8.01. The van der Waals surface area contributed by atoms with Crippen LogP contribution in [0.4, 0.5) is 0 Å². The fraction of sp³-hybridized carbons (Fsp3) is 1.00. The van der Waals surface area contributed by atoms with E-state index in [2.05, 4.69) is 5.32 Å². The smallest absolute Gasteiger partial charge is 0.147 e. The van der Waals surface area contributed by atoms with Gasteiger partial charge >= 0.3 is 0 Å². The van der Waals surface area contributed by atoms with Gasteiger partial charge in [0.15, 0.2) is 0 Å². The number of rotatable bonds is 2. The SMILES string of the molecule is CC1NCC1CS(C)(=O)=O. The predicted molar refractivity (Wildman–Crippen MR) is 40.7 cm³/mol. The van der Waals surface area contributed by atoms with Crippen LogP contribution in [0, 0.1) is 5.92 Å². The van der Waals surface area contributed by atoms with E-state index in [1.165, 1.54) is 6.26 Å². The highest BCUT2D eigenvalue weighted by Gasteiger charge is 2.28. The number of hydrogen-bond donors (Lipinski definition) is 1. The highest BCUT2D eigenvalue weighted by Crippen LogP contribution is 2.13. The summed E-state index contributed by atoms with van der Waals surface area (Å²) in [6, 6.07) is 0.384. The molecule has 0 aromatic carbocycles. The normalized spacial score (nSPS) is 33.4. The fourth-order valence-electron chi connectivity index (χ4n) is 1.11. The molecule has 1 rings (SSSR count). The van der Waals surface area contributed by atoms with E-state index in [9.17, 15) is 8.42 Å². The van der Waals surface area contributed by atoms with E-state index in [1.54, 1.807) is 0 Å². The summed E-state index contributed by atoms with van der Waals surface area (Å²) in [6.45, 7) is 2.87. The Balaban J connectivity index is 2.40. The van der Waals surface area contributed by atoms with Gasteiger partial charge in [-0.1, -0.05) is 0 Å². The van der Waals surface area contributed by atoms with E-state index in [0.29, 0.717) is 17.7 Å². The van der Waals surface area contributed by atoms with Crippen LogP contribution < -0.4 is 5.32 Å². The molecule has 2 unspecified atom stereocenters. The second-order valence-corrected chi connectivity index (χ2v) is 5.23. The molecular weight excluding hydrogens is 150 g/mol. The molecule has 0 aliphatic carbocycles. The molecule has 0 aromatic rings. The molecule has 1 fully saturated rings. The van der Waals surface area contributed by atoms with Crippen LogP contribution in [-0.4, -0.2) is 33.0 Å². The Hall–Kier alpha value is -0.0900. The molecule has 10 heavy (non-hydrogen) atoms. The molecule has 1 aliphatic rings. The summed E-state index contributed by atoms with van der Waals surface area (Å²) in [5.41, 5.74) is 0. The zero-order valence-corrected chi connectivity index (χ0v) is 7.11. The van der Waals surface area contributed by atoms with Gasteiger partial charge in [-0.3, -0.25) is 0 Å². The number of nitrogens with one attached hydrogen (secondary N) is 1. The molecule has 0 bridgehead atoms. The van der Waals surface area contributed by atoms with Crippen molar-refractivity contribution in [3.05, 3.63) is 0 Å². The summed E-state index contributed by atoms with van der Waals surface area (Å²) in [4.78, 5) is 0. The summed E-state index contributed by atoms with van der Waals surface area (Å²) in [6.07, 6.45) is 1.29. The van der Waals surface area contributed by atoms with Crippen LogP contribution in [0.25, 0.3) is 0 Å².